The average Bonchev–Trinajstić information content (AvgIpc) is 2.84. The maximum atomic E-state index is 13.7. The maximum absolute atomic E-state index is 13.7. The number of halogens is 3. The molecule has 0 radical (unpaired) electrons. The van der Waals surface area contributed by atoms with Crippen molar-refractivity contribution in [1.82, 2.24) is 14.7 Å². The third-order valence-corrected chi connectivity index (χ3v) is 7.54. The molecule has 1 unspecified atom stereocenters. The van der Waals surface area contributed by atoms with E-state index in [1.807, 2.05) is 18.2 Å². The summed E-state index contributed by atoms with van der Waals surface area (Å²) in [4.78, 5) is 11.1. The van der Waals surface area contributed by atoms with Crippen LogP contribution < -0.4 is 14.9 Å². The molecule has 1 aliphatic heterocycles. The fourth-order valence-electron chi connectivity index (χ4n) is 4.78. The van der Waals surface area contributed by atoms with Gasteiger partial charge in [-0.1, -0.05) is 26.2 Å². The average molecular weight is 510 g/mol. The first-order chi connectivity index (χ1) is 16.8. The van der Waals surface area contributed by atoms with E-state index >= 15 is 0 Å². The molecule has 1 atom stereocenters. The number of methoxy groups -OCH3 is 1. The lowest BCUT2D eigenvalue weighted by Gasteiger charge is -2.33. The van der Waals surface area contributed by atoms with Gasteiger partial charge >= 0.3 is 6.18 Å². The molecule has 0 amide bonds. The lowest BCUT2D eigenvalue weighted by molar-refractivity contribution is -0.137. The van der Waals surface area contributed by atoms with E-state index in [4.69, 9.17) is 4.74 Å². The summed E-state index contributed by atoms with van der Waals surface area (Å²) in [5.41, 5.74) is 0.806. The van der Waals surface area contributed by atoms with Crippen molar-refractivity contribution in [2.75, 3.05) is 30.4 Å². The topological polar surface area (TPSA) is 62.3 Å². The van der Waals surface area contributed by atoms with Crippen LogP contribution in [0.5, 0.6) is 0 Å². The second-order valence-electron chi connectivity index (χ2n) is 9.55. The van der Waals surface area contributed by atoms with Crippen LogP contribution in [0.4, 0.5) is 30.6 Å². The van der Waals surface area contributed by atoms with Crippen molar-refractivity contribution in [3.8, 4) is 0 Å². The lowest BCUT2D eigenvalue weighted by Crippen LogP contribution is -2.36. The molecular formula is C25H34F3N5OS. The van der Waals surface area contributed by atoms with Crippen LogP contribution in [0.2, 0.25) is 0 Å². The minimum absolute atomic E-state index is 0.0568. The van der Waals surface area contributed by atoms with Gasteiger partial charge in [-0.2, -0.15) is 18.2 Å². The van der Waals surface area contributed by atoms with Gasteiger partial charge in [0.05, 0.1) is 6.61 Å². The van der Waals surface area contributed by atoms with Gasteiger partial charge < -0.3 is 15.0 Å². The normalized spacial score (nSPS) is 19.7. The van der Waals surface area contributed by atoms with Crippen molar-refractivity contribution in [1.29, 1.82) is 0 Å². The Kier molecular flexibility index (Phi) is 8.77. The van der Waals surface area contributed by atoms with Crippen LogP contribution in [-0.2, 0) is 17.5 Å². The highest BCUT2D eigenvalue weighted by atomic mass is 32.2. The molecular weight excluding hydrogens is 475 g/mol. The Bertz CT molecular complexity index is 984. The highest BCUT2D eigenvalue weighted by Crippen LogP contribution is 2.37. The van der Waals surface area contributed by atoms with E-state index in [9.17, 15) is 13.2 Å². The summed E-state index contributed by atoms with van der Waals surface area (Å²) in [6.45, 7) is 3.52. The molecule has 0 spiro atoms. The van der Waals surface area contributed by atoms with Gasteiger partial charge in [-0.15, -0.1) is 0 Å². The number of rotatable bonds is 8. The summed E-state index contributed by atoms with van der Waals surface area (Å²) < 4.78 is 50.1. The molecule has 6 nitrogen and oxygen atoms in total. The highest BCUT2D eigenvalue weighted by Gasteiger charge is 2.37. The van der Waals surface area contributed by atoms with Crippen molar-refractivity contribution < 1.29 is 17.9 Å². The highest BCUT2D eigenvalue weighted by molar-refractivity contribution is 7.97. The van der Waals surface area contributed by atoms with E-state index in [-0.39, 0.29) is 11.8 Å². The Hall–Kier alpha value is -2.04. The summed E-state index contributed by atoms with van der Waals surface area (Å²) in [6.07, 6.45) is 4.46. The Morgan fingerprint density at radius 2 is 1.94 bits per heavy atom. The first-order valence-electron chi connectivity index (χ1n) is 12.3. The van der Waals surface area contributed by atoms with Crippen molar-refractivity contribution in [3.05, 3.63) is 35.5 Å². The van der Waals surface area contributed by atoms with Crippen LogP contribution in [0.3, 0.4) is 0 Å². The number of hydrogen-bond acceptors (Lipinski definition) is 7. The zero-order valence-electron chi connectivity index (χ0n) is 20.3. The maximum Gasteiger partial charge on any atom is 0.421 e. The summed E-state index contributed by atoms with van der Waals surface area (Å²) in [5, 5.41) is 3.13. The van der Waals surface area contributed by atoms with Crippen LogP contribution in [0, 0.1) is 5.92 Å². The van der Waals surface area contributed by atoms with Gasteiger partial charge in [0.25, 0.3) is 0 Å². The zero-order valence-corrected chi connectivity index (χ0v) is 21.1. The molecule has 192 valence electrons. The van der Waals surface area contributed by atoms with E-state index in [0.717, 1.165) is 29.5 Å². The quantitative estimate of drug-likeness (QED) is 0.391. The molecule has 1 saturated heterocycles. The van der Waals surface area contributed by atoms with Crippen LogP contribution in [0.15, 0.2) is 29.3 Å². The molecule has 2 heterocycles. The molecule has 1 aliphatic carbocycles. The van der Waals surface area contributed by atoms with Gasteiger partial charge in [0.1, 0.15) is 11.4 Å². The molecule has 35 heavy (non-hydrogen) atoms. The molecule has 1 saturated carbocycles. The first kappa shape index (κ1) is 26.0. The van der Waals surface area contributed by atoms with Crippen molar-refractivity contribution in [2.45, 2.75) is 75.6 Å². The van der Waals surface area contributed by atoms with Crippen molar-refractivity contribution in [3.63, 3.8) is 0 Å². The number of anilines is 3. The Morgan fingerprint density at radius 3 is 2.66 bits per heavy atom. The summed E-state index contributed by atoms with van der Waals surface area (Å²) in [7, 11) is 1.62. The van der Waals surface area contributed by atoms with Crippen molar-refractivity contribution >= 4 is 29.4 Å². The third-order valence-electron chi connectivity index (χ3n) is 6.60. The monoisotopic (exact) mass is 509 g/mol. The smallest absolute Gasteiger partial charge is 0.380 e. The fourth-order valence-corrected chi connectivity index (χ4v) is 5.65. The molecule has 2 fully saturated rings. The molecule has 2 N–H and O–H groups in total. The Balaban J connectivity index is 1.54. The third kappa shape index (κ3) is 7.01. The SMILES string of the molecule is COCc1cc(SNC2CCCCC2)ccc1Nc1ncc(C(F)(F)F)c(N2CCCC(C)C2)n1. The number of nitrogens with one attached hydrogen (secondary N) is 2. The number of aromatic nitrogens is 2. The minimum Gasteiger partial charge on any atom is -0.380 e. The van der Waals surface area contributed by atoms with E-state index < -0.39 is 11.7 Å². The number of hydrogen-bond donors (Lipinski definition) is 2. The zero-order chi connectivity index (χ0) is 24.8. The number of benzene rings is 1. The van der Waals surface area contributed by atoms with Gasteiger partial charge in [0.2, 0.25) is 5.95 Å². The van der Waals surface area contributed by atoms with Gasteiger partial charge in [0.15, 0.2) is 0 Å². The molecule has 0 bridgehead atoms. The van der Waals surface area contributed by atoms with E-state index in [1.165, 1.54) is 32.1 Å². The van der Waals surface area contributed by atoms with E-state index in [0.29, 0.717) is 37.3 Å². The summed E-state index contributed by atoms with van der Waals surface area (Å²) in [5.74, 6) is 0.403. The standard InChI is InChI=1S/C25H34F3N5OS/c1-17-7-6-12-33(15-17)23-21(25(26,27)28)14-29-24(31-23)30-22-11-10-20(13-18(22)16-34-2)35-32-19-8-4-3-5-9-19/h10-11,13-14,17,19,32H,3-9,12,15-16H2,1-2H3,(H,29,30,31). The van der Waals surface area contributed by atoms with E-state index in [2.05, 4.69) is 26.9 Å². The van der Waals surface area contributed by atoms with Crippen molar-refractivity contribution in [2.24, 2.45) is 5.92 Å². The Labute approximate surface area is 209 Å². The largest absolute Gasteiger partial charge is 0.421 e. The van der Waals surface area contributed by atoms with Gasteiger partial charge in [-0.25, -0.2) is 4.98 Å². The summed E-state index contributed by atoms with van der Waals surface area (Å²) in [6, 6.07) is 6.44. The van der Waals surface area contributed by atoms with Gasteiger partial charge in [0, 0.05) is 48.6 Å². The molecule has 2 aliphatic rings. The van der Waals surface area contributed by atoms with Crippen LogP contribution >= 0.6 is 11.9 Å². The van der Waals surface area contributed by atoms with Crippen LogP contribution in [0.1, 0.15) is 63.0 Å². The lowest BCUT2D eigenvalue weighted by atomic mass is 9.96. The van der Waals surface area contributed by atoms with Crippen LogP contribution in [-0.4, -0.2) is 36.2 Å². The molecule has 1 aromatic heterocycles. The number of nitrogens with zero attached hydrogens (tertiary/aromatic N) is 3. The van der Waals surface area contributed by atoms with Gasteiger partial charge in [-0.3, -0.25) is 4.72 Å². The number of ether oxygens (including phenoxy) is 1. The Morgan fingerprint density at radius 1 is 1.14 bits per heavy atom. The number of alkyl halides is 3. The molecule has 10 heteroatoms. The number of piperidine rings is 1. The minimum atomic E-state index is -4.51. The van der Waals surface area contributed by atoms with Crippen LogP contribution in [0.25, 0.3) is 0 Å². The first-order valence-corrected chi connectivity index (χ1v) is 13.2. The second kappa shape index (κ2) is 11.8. The molecule has 2 aromatic rings. The predicted octanol–water partition coefficient (Wildman–Crippen LogP) is 6.55. The van der Waals surface area contributed by atoms with E-state index in [1.54, 1.807) is 24.0 Å². The second-order valence-corrected chi connectivity index (χ2v) is 10.5. The molecule has 1 aromatic carbocycles. The summed E-state index contributed by atoms with van der Waals surface area (Å²) >= 11 is 1.61. The fraction of sp³-hybridized carbons (Fsp3) is 0.600. The van der Waals surface area contributed by atoms with Gasteiger partial charge in [-0.05, 0) is 61.7 Å². The predicted molar refractivity (Wildman–Crippen MR) is 134 cm³/mol. The molecule has 4 rings (SSSR count).